The molecule has 0 spiro atoms. The van der Waals surface area contributed by atoms with E-state index in [1.54, 1.807) is 0 Å². The van der Waals surface area contributed by atoms with Crippen molar-refractivity contribution in [3.63, 3.8) is 0 Å². The molecular weight excluding hydrogens is 172 g/mol. The van der Waals surface area contributed by atoms with Gasteiger partial charge in [0.05, 0.1) is 0 Å². The van der Waals surface area contributed by atoms with E-state index in [2.05, 4.69) is 43.4 Å². The summed E-state index contributed by atoms with van der Waals surface area (Å²) >= 11 is 0. The number of hydrogen-bond donors (Lipinski definition) is 2. The lowest BCUT2D eigenvalue weighted by atomic mass is 10.0. The molecule has 2 nitrogen and oxygen atoms in total. The Bertz CT molecular complexity index is 269. The fourth-order valence-electron chi connectivity index (χ4n) is 1.34. The number of anilines is 1. The minimum atomic E-state index is 0.589. The summed E-state index contributed by atoms with van der Waals surface area (Å²) in [5.74, 6) is 0.589. The molecule has 0 aliphatic heterocycles. The van der Waals surface area contributed by atoms with Crippen molar-refractivity contribution >= 4 is 5.69 Å². The van der Waals surface area contributed by atoms with Crippen LogP contribution in [0.1, 0.15) is 31.7 Å². The first kappa shape index (κ1) is 11.1. The molecule has 2 heteroatoms. The van der Waals surface area contributed by atoms with Gasteiger partial charge in [0.15, 0.2) is 0 Å². The van der Waals surface area contributed by atoms with Crippen molar-refractivity contribution in [3.8, 4) is 0 Å². The van der Waals surface area contributed by atoms with Gasteiger partial charge in [-0.2, -0.15) is 0 Å². The molecule has 0 atom stereocenters. The van der Waals surface area contributed by atoms with Gasteiger partial charge in [-0.25, -0.2) is 0 Å². The van der Waals surface area contributed by atoms with Gasteiger partial charge in [-0.15, -0.1) is 0 Å². The van der Waals surface area contributed by atoms with Crippen LogP contribution in [0.15, 0.2) is 24.3 Å². The quantitative estimate of drug-likeness (QED) is 0.704. The van der Waals surface area contributed by atoms with Gasteiger partial charge in [0.2, 0.25) is 0 Å². The van der Waals surface area contributed by atoms with Gasteiger partial charge in [0.1, 0.15) is 0 Å². The normalized spacial score (nSPS) is 10.6. The highest BCUT2D eigenvalue weighted by Crippen LogP contribution is 2.18. The molecule has 1 aromatic rings. The molecule has 0 saturated heterocycles. The number of nitrogens with two attached hydrogens (primary N) is 1. The highest BCUT2D eigenvalue weighted by Gasteiger charge is 1.99. The summed E-state index contributed by atoms with van der Waals surface area (Å²) in [6.45, 7) is 6.12. The summed E-state index contributed by atoms with van der Waals surface area (Å²) in [5.41, 5.74) is 8.01. The van der Waals surface area contributed by atoms with E-state index in [9.17, 15) is 0 Å². The number of nitrogens with one attached hydrogen (secondary N) is 1. The van der Waals surface area contributed by atoms with Gasteiger partial charge in [0.25, 0.3) is 0 Å². The van der Waals surface area contributed by atoms with Gasteiger partial charge in [-0.1, -0.05) is 26.0 Å². The van der Waals surface area contributed by atoms with Crippen LogP contribution < -0.4 is 11.1 Å². The van der Waals surface area contributed by atoms with E-state index in [1.165, 1.54) is 11.3 Å². The molecule has 14 heavy (non-hydrogen) atoms. The molecule has 0 fully saturated rings. The highest BCUT2D eigenvalue weighted by atomic mass is 14.9. The molecule has 0 amide bonds. The van der Waals surface area contributed by atoms with Crippen molar-refractivity contribution in [1.29, 1.82) is 0 Å². The van der Waals surface area contributed by atoms with Crippen LogP contribution in [0.25, 0.3) is 0 Å². The fraction of sp³-hybridized carbons (Fsp3) is 0.500. The van der Waals surface area contributed by atoms with Crippen LogP contribution in [0.3, 0.4) is 0 Å². The number of hydrogen-bond acceptors (Lipinski definition) is 2. The Morgan fingerprint density at radius 3 is 2.79 bits per heavy atom. The number of rotatable bonds is 5. The lowest BCUT2D eigenvalue weighted by molar-refractivity contribution is 0.860. The first-order valence-electron chi connectivity index (χ1n) is 5.28. The fourth-order valence-corrected chi connectivity index (χ4v) is 1.34. The van der Waals surface area contributed by atoms with Gasteiger partial charge in [-0.05, 0) is 36.6 Å². The monoisotopic (exact) mass is 192 g/mol. The molecule has 0 unspecified atom stereocenters. The maximum atomic E-state index is 5.43. The molecule has 0 aliphatic rings. The standard InChI is InChI=1S/C12H20N2/c1-10(2)11-5-3-6-12(9-11)14-8-4-7-13/h3,5-6,9-10,14H,4,7-8,13H2,1-2H3. The SMILES string of the molecule is CC(C)c1cccc(NCCCN)c1. The van der Waals surface area contributed by atoms with E-state index in [0.717, 1.165) is 19.5 Å². The summed E-state index contributed by atoms with van der Waals surface area (Å²) in [7, 11) is 0. The van der Waals surface area contributed by atoms with E-state index in [0.29, 0.717) is 5.92 Å². The second-order valence-electron chi connectivity index (χ2n) is 3.85. The zero-order valence-electron chi connectivity index (χ0n) is 9.09. The summed E-state index contributed by atoms with van der Waals surface area (Å²) in [5, 5.41) is 3.36. The minimum absolute atomic E-state index is 0.589. The maximum absolute atomic E-state index is 5.43. The third-order valence-electron chi connectivity index (χ3n) is 2.26. The van der Waals surface area contributed by atoms with Crippen LogP contribution in [0.5, 0.6) is 0 Å². The van der Waals surface area contributed by atoms with Crippen LogP contribution >= 0.6 is 0 Å². The van der Waals surface area contributed by atoms with E-state index < -0.39 is 0 Å². The van der Waals surface area contributed by atoms with Crippen molar-refractivity contribution in [2.75, 3.05) is 18.4 Å². The predicted octanol–water partition coefficient (Wildman–Crippen LogP) is 2.57. The highest BCUT2D eigenvalue weighted by molar-refractivity contribution is 5.46. The molecule has 0 bridgehead atoms. The van der Waals surface area contributed by atoms with Crippen LogP contribution in [0.2, 0.25) is 0 Å². The minimum Gasteiger partial charge on any atom is -0.385 e. The van der Waals surface area contributed by atoms with Crippen LogP contribution in [0.4, 0.5) is 5.69 Å². The lowest BCUT2D eigenvalue weighted by Gasteiger charge is -2.09. The summed E-state index contributed by atoms with van der Waals surface area (Å²) in [6, 6.07) is 8.57. The van der Waals surface area contributed by atoms with Gasteiger partial charge in [0, 0.05) is 12.2 Å². The summed E-state index contributed by atoms with van der Waals surface area (Å²) in [6.07, 6.45) is 1.02. The second-order valence-corrected chi connectivity index (χ2v) is 3.85. The Labute approximate surface area is 86.5 Å². The Balaban J connectivity index is 2.55. The van der Waals surface area contributed by atoms with Crippen LogP contribution in [-0.2, 0) is 0 Å². The van der Waals surface area contributed by atoms with E-state index >= 15 is 0 Å². The Morgan fingerprint density at radius 2 is 2.14 bits per heavy atom. The van der Waals surface area contributed by atoms with Crippen LogP contribution in [0, 0.1) is 0 Å². The zero-order chi connectivity index (χ0) is 10.4. The second kappa shape index (κ2) is 5.66. The van der Waals surface area contributed by atoms with E-state index in [-0.39, 0.29) is 0 Å². The van der Waals surface area contributed by atoms with Gasteiger partial charge < -0.3 is 11.1 Å². The summed E-state index contributed by atoms with van der Waals surface area (Å²) < 4.78 is 0. The first-order chi connectivity index (χ1) is 6.74. The molecule has 0 aromatic heterocycles. The average molecular weight is 192 g/mol. The molecule has 0 saturated carbocycles. The maximum Gasteiger partial charge on any atom is 0.0343 e. The first-order valence-corrected chi connectivity index (χ1v) is 5.28. The largest absolute Gasteiger partial charge is 0.385 e. The Morgan fingerprint density at radius 1 is 1.36 bits per heavy atom. The summed E-state index contributed by atoms with van der Waals surface area (Å²) in [4.78, 5) is 0. The molecule has 3 N–H and O–H groups in total. The Kier molecular flexibility index (Phi) is 4.47. The zero-order valence-corrected chi connectivity index (χ0v) is 9.09. The molecular formula is C12H20N2. The lowest BCUT2D eigenvalue weighted by Crippen LogP contribution is -2.08. The molecule has 1 rings (SSSR count). The van der Waals surface area contributed by atoms with Crippen molar-refractivity contribution in [2.24, 2.45) is 5.73 Å². The van der Waals surface area contributed by atoms with Gasteiger partial charge >= 0.3 is 0 Å². The Hall–Kier alpha value is -1.02. The molecule has 78 valence electrons. The molecule has 0 heterocycles. The van der Waals surface area contributed by atoms with E-state index in [4.69, 9.17) is 5.73 Å². The topological polar surface area (TPSA) is 38.0 Å². The van der Waals surface area contributed by atoms with Crippen molar-refractivity contribution in [3.05, 3.63) is 29.8 Å². The third kappa shape index (κ3) is 3.38. The number of benzene rings is 1. The van der Waals surface area contributed by atoms with Crippen molar-refractivity contribution in [1.82, 2.24) is 0 Å². The van der Waals surface area contributed by atoms with Crippen LogP contribution in [-0.4, -0.2) is 13.1 Å². The molecule has 0 aliphatic carbocycles. The van der Waals surface area contributed by atoms with Crippen molar-refractivity contribution in [2.45, 2.75) is 26.2 Å². The van der Waals surface area contributed by atoms with Crippen molar-refractivity contribution < 1.29 is 0 Å². The predicted molar refractivity (Wildman–Crippen MR) is 62.7 cm³/mol. The smallest absolute Gasteiger partial charge is 0.0343 e. The van der Waals surface area contributed by atoms with E-state index in [1.807, 2.05) is 0 Å². The average Bonchev–Trinajstić information content (AvgIpc) is 2.19. The molecule has 0 radical (unpaired) electrons. The third-order valence-corrected chi connectivity index (χ3v) is 2.26. The molecule has 1 aromatic carbocycles. The van der Waals surface area contributed by atoms with Gasteiger partial charge in [-0.3, -0.25) is 0 Å².